The Balaban J connectivity index is 1.70. The number of hydrogen-bond donors (Lipinski definition) is 2. The number of para-hydroxylation sites is 3. The molecule has 0 fully saturated rings. The number of anilines is 2. The molecule has 144 valence electrons. The van der Waals surface area contributed by atoms with Crippen molar-refractivity contribution >= 4 is 23.2 Å². The number of rotatable bonds is 6. The summed E-state index contributed by atoms with van der Waals surface area (Å²) >= 11 is 0. The van der Waals surface area contributed by atoms with E-state index in [1.165, 1.54) is 0 Å². The van der Waals surface area contributed by atoms with Gasteiger partial charge >= 0.3 is 0 Å². The molecule has 0 aromatic heterocycles. The first-order valence-corrected chi connectivity index (χ1v) is 9.06. The molecule has 0 aliphatic carbocycles. The minimum atomic E-state index is -0.360. The number of carbonyl (C=O) groups excluding carboxylic acids is 2. The molecule has 0 spiro atoms. The summed E-state index contributed by atoms with van der Waals surface area (Å²) in [6, 6.07) is 22.3. The summed E-state index contributed by atoms with van der Waals surface area (Å²) in [6.45, 7) is 2.36. The van der Waals surface area contributed by atoms with E-state index in [1.807, 2.05) is 25.1 Å². The second-order valence-corrected chi connectivity index (χ2v) is 6.07. The third-order valence-electron chi connectivity index (χ3n) is 4.14. The van der Waals surface area contributed by atoms with Gasteiger partial charge < -0.3 is 15.4 Å². The van der Waals surface area contributed by atoms with E-state index in [2.05, 4.69) is 10.6 Å². The average molecular weight is 385 g/mol. The molecule has 0 saturated carbocycles. The molecule has 0 atom stereocenters. The Morgan fingerprint density at radius 1 is 0.828 bits per heavy atom. The maximum atomic E-state index is 12.5. The first-order chi connectivity index (χ1) is 14.1. The molecular weight excluding hydrogens is 366 g/mol. The standard InChI is InChI=1S/C23H19N3O3/c1-2-29-21-10-6-5-9-20(21)26-23(28)17-13-11-16(12-14-17)22(27)25-19-8-4-3-7-18(19)15-24/h3-14H,2H2,1H3,(H,25,27)(H,26,28). The molecule has 0 aliphatic rings. The van der Waals surface area contributed by atoms with E-state index >= 15 is 0 Å². The van der Waals surface area contributed by atoms with E-state index in [-0.39, 0.29) is 11.8 Å². The van der Waals surface area contributed by atoms with Crippen molar-refractivity contribution in [1.82, 2.24) is 0 Å². The molecule has 0 heterocycles. The second-order valence-electron chi connectivity index (χ2n) is 6.07. The number of nitrogens with one attached hydrogen (secondary N) is 2. The summed E-state index contributed by atoms with van der Waals surface area (Å²) in [4.78, 5) is 25.0. The average Bonchev–Trinajstić information content (AvgIpc) is 2.75. The van der Waals surface area contributed by atoms with Crippen molar-refractivity contribution < 1.29 is 14.3 Å². The third-order valence-corrected chi connectivity index (χ3v) is 4.14. The van der Waals surface area contributed by atoms with Crippen LogP contribution in [0.4, 0.5) is 11.4 Å². The minimum Gasteiger partial charge on any atom is -0.492 e. The molecular formula is C23H19N3O3. The lowest BCUT2D eigenvalue weighted by Crippen LogP contribution is -2.15. The normalized spacial score (nSPS) is 9.93. The molecule has 0 unspecified atom stereocenters. The van der Waals surface area contributed by atoms with E-state index in [0.717, 1.165) is 0 Å². The highest BCUT2D eigenvalue weighted by molar-refractivity contribution is 6.07. The number of nitrogens with zero attached hydrogens (tertiary/aromatic N) is 1. The quantitative estimate of drug-likeness (QED) is 0.655. The number of hydrogen-bond acceptors (Lipinski definition) is 4. The summed E-state index contributed by atoms with van der Waals surface area (Å²) < 4.78 is 5.51. The third kappa shape index (κ3) is 4.79. The second kappa shape index (κ2) is 9.20. The highest BCUT2D eigenvalue weighted by Crippen LogP contribution is 2.24. The van der Waals surface area contributed by atoms with E-state index in [1.54, 1.807) is 60.7 Å². The lowest BCUT2D eigenvalue weighted by Gasteiger charge is -2.11. The maximum absolute atomic E-state index is 12.5. The Bertz CT molecular complexity index is 1070. The zero-order valence-electron chi connectivity index (χ0n) is 15.8. The van der Waals surface area contributed by atoms with Crippen molar-refractivity contribution in [1.29, 1.82) is 5.26 Å². The largest absolute Gasteiger partial charge is 0.492 e. The van der Waals surface area contributed by atoms with Gasteiger partial charge in [0.1, 0.15) is 11.8 Å². The molecule has 29 heavy (non-hydrogen) atoms. The van der Waals surface area contributed by atoms with Crippen molar-refractivity contribution in [2.45, 2.75) is 6.92 Å². The highest BCUT2D eigenvalue weighted by Gasteiger charge is 2.12. The topological polar surface area (TPSA) is 91.2 Å². The van der Waals surface area contributed by atoms with E-state index in [9.17, 15) is 9.59 Å². The van der Waals surface area contributed by atoms with Crippen LogP contribution in [0.15, 0.2) is 72.8 Å². The van der Waals surface area contributed by atoms with Crippen LogP contribution >= 0.6 is 0 Å². The lowest BCUT2D eigenvalue weighted by molar-refractivity contribution is 0.101. The van der Waals surface area contributed by atoms with Crippen molar-refractivity contribution in [3.8, 4) is 11.8 Å². The Labute approximate surface area is 168 Å². The van der Waals surface area contributed by atoms with Crippen LogP contribution < -0.4 is 15.4 Å². The van der Waals surface area contributed by atoms with Crippen molar-refractivity contribution in [2.24, 2.45) is 0 Å². The SMILES string of the molecule is CCOc1ccccc1NC(=O)c1ccc(C(=O)Nc2ccccc2C#N)cc1. The van der Waals surface area contributed by atoms with Gasteiger partial charge in [0.25, 0.3) is 11.8 Å². The summed E-state index contributed by atoms with van der Waals surface area (Å²) in [7, 11) is 0. The Morgan fingerprint density at radius 2 is 1.34 bits per heavy atom. The molecule has 0 aliphatic heterocycles. The molecule has 2 amide bonds. The van der Waals surface area contributed by atoms with Crippen LogP contribution in [-0.2, 0) is 0 Å². The Morgan fingerprint density at radius 3 is 1.93 bits per heavy atom. The minimum absolute atomic E-state index is 0.307. The number of benzene rings is 3. The maximum Gasteiger partial charge on any atom is 0.255 e. The predicted octanol–water partition coefficient (Wildman–Crippen LogP) is 4.46. The van der Waals surface area contributed by atoms with Crippen LogP contribution in [0.5, 0.6) is 5.75 Å². The monoisotopic (exact) mass is 385 g/mol. The molecule has 0 radical (unpaired) electrons. The zero-order valence-corrected chi connectivity index (χ0v) is 15.8. The van der Waals surface area contributed by atoms with Gasteiger partial charge in [-0.1, -0.05) is 24.3 Å². The predicted molar refractivity (Wildman–Crippen MR) is 111 cm³/mol. The van der Waals surface area contributed by atoms with Crippen LogP contribution in [0.25, 0.3) is 0 Å². The number of amides is 2. The molecule has 3 rings (SSSR count). The summed E-state index contributed by atoms with van der Waals surface area (Å²) in [6.07, 6.45) is 0. The van der Waals surface area contributed by atoms with Gasteiger partial charge in [-0.25, -0.2) is 0 Å². The fraction of sp³-hybridized carbons (Fsp3) is 0.0870. The van der Waals surface area contributed by atoms with Gasteiger partial charge in [-0.05, 0) is 55.5 Å². The van der Waals surface area contributed by atoms with Crippen molar-refractivity contribution in [2.75, 3.05) is 17.2 Å². The van der Waals surface area contributed by atoms with Crippen LogP contribution in [0.2, 0.25) is 0 Å². The van der Waals surface area contributed by atoms with Gasteiger partial charge in [0.2, 0.25) is 0 Å². The fourth-order valence-corrected chi connectivity index (χ4v) is 2.70. The molecule has 6 nitrogen and oxygen atoms in total. The molecule has 0 saturated heterocycles. The van der Waals surface area contributed by atoms with Crippen LogP contribution in [-0.4, -0.2) is 18.4 Å². The number of ether oxygens (including phenoxy) is 1. The molecule has 2 N–H and O–H groups in total. The smallest absolute Gasteiger partial charge is 0.255 e. The zero-order chi connectivity index (χ0) is 20.6. The summed E-state index contributed by atoms with van der Waals surface area (Å²) in [5.74, 6) is -0.0733. The first kappa shape index (κ1) is 19.6. The van der Waals surface area contributed by atoms with Gasteiger partial charge in [-0.15, -0.1) is 0 Å². The van der Waals surface area contributed by atoms with E-state index in [0.29, 0.717) is 40.4 Å². The highest BCUT2D eigenvalue weighted by atomic mass is 16.5. The summed E-state index contributed by atoms with van der Waals surface area (Å²) in [5.41, 5.74) is 2.18. The number of carbonyl (C=O) groups is 2. The van der Waals surface area contributed by atoms with Gasteiger partial charge in [0, 0.05) is 11.1 Å². The lowest BCUT2D eigenvalue weighted by atomic mass is 10.1. The van der Waals surface area contributed by atoms with Gasteiger partial charge in [0.05, 0.1) is 23.5 Å². The van der Waals surface area contributed by atoms with Crippen LogP contribution in [0.3, 0.4) is 0 Å². The molecule has 3 aromatic carbocycles. The van der Waals surface area contributed by atoms with Crippen molar-refractivity contribution in [3.63, 3.8) is 0 Å². The van der Waals surface area contributed by atoms with Crippen LogP contribution in [0, 0.1) is 11.3 Å². The Hall–Kier alpha value is -4.11. The first-order valence-electron chi connectivity index (χ1n) is 9.06. The van der Waals surface area contributed by atoms with Gasteiger partial charge in [0.15, 0.2) is 0 Å². The fourth-order valence-electron chi connectivity index (χ4n) is 2.70. The number of nitriles is 1. The Kier molecular flexibility index (Phi) is 6.23. The molecule has 3 aromatic rings. The van der Waals surface area contributed by atoms with Gasteiger partial charge in [-0.3, -0.25) is 9.59 Å². The molecule has 6 heteroatoms. The van der Waals surface area contributed by atoms with Crippen LogP contribution in [0.1, 0.15) is 33.2 Å². The van der Waals surface area contributed by atoms with E-state index in [4.69, 9.17) is 10.00 Å². The van der Waals surface area contributed by atoms with E-state index < -0.39 is 0 Å². The van der Waals surface area contributed by atoms with Gasteiger partial charge in [-0.2, -0.15) is 5.26 Å². The molecule has 0 bridgehead atoms. The van der Waals surface area contributed by atoms with Crippen molar-refractivity contribution in [3.05, 3.63) is 89.5 Å². The summed E-state index contributed by atoms with van der Waals surface area (Å²) in [5, 5.41) is 14.6.